The third kappa shape index (κ3) is 3.97. The van der Waals surface area contributed by atoms with Crippen molar-refractivity contribution in [2.24, 2.45) is 0 Å². The first-order valence-electron chi connectivity index (χ1n) is 9.40. The lowest BCUT2D eigenvalue weighted by atomic mass is 10.1. The summed E-state index contributed by atoms with van der Waals surface area (Å²) in [6.45, 7) is 1.58. The first kappa shape index (κ1) is 18.4. The van der Waals surface area contributed by atoms with Gasteiger partial charge in [0.05, 0.1) is 12.2 Å². The molecule has 28 heavy (non-hydrogen) atoms. The minimum absolute atomic E-state index is 0.0195. The van der Waals surface area contributed by atoms with E-state index in [1.807, 2.05) is 60.7 Å². The zero-order chi connectivity index (χ0) is 19.3. The molecule has 1 saturated heterocycles. The zero-order valence-electron chi connectivity index (χ0n) is 15.4. The summed E-state index contributed by atoms with van der Waals surface area (Å²) in [5.41, 5.74) is 2.50. The average Bonchev–Trinajstić information content (AvgIpc) is 3.43. The number of carbonyl (C=O) groups excluding carboxylic acids is 2. The van der Waals surface area contributed by atoms with Crippen LogP contribution in [-0.2, 0) is 4.79 Å². The molecule has 1 aliphatic heterocycles. The van der Waals surface area contributed by atoms with Gasteiger partial charge in [-0.1, -0.05) is 60.7 Å². The number of thiazole rings is 1. The van der Waals surface area contributed by atoms with Gasteiger partial charge in [-0.05, 0) is 12.8 Å². The number of hydrogen-bond acceptors (Lipinski definition) is 4. The maximum atomic E-state index is 12.9. The zero-order valence-corrected chi connectivity index (χ0v) is 16.2. The van der Waals surface area contributed by atoms with Crippen LogP contribution in [0.5, 0.6) is 0 Å². The minimum Gasteiger partial charge on any atom is -0.342 e. The highest BCUT2D eigenvalue weighted by Crippen LogP contribution is 2.33. The van der Waals surface area contributed by atoms with Gasteiger partial charge >= 0.3 is 0 Å². The molecule has 3 aromatic rings. The number of amides is 2. The summed E-state index contributed by atoms with van der Waals surface area (Å²) in [5, 5.41) is 3.58. The van der Waals surface area contributed by atoms with Gasteiger partial charge in [0.15, 0.2) is 0 Å². The van der Waals surface area contributed by atoms with E-state index < -0.39 is 0 Å². The number of carbonyl (C=O) groups is 2. The summed E-state index contributed by atoms with van der Waals surface area (Å²) in [7, 11) is 0. The van der Waals surface area contributed by atoms with Gasteiger partial charge in [-0.3, -0.25) is 9.59 Å². The van der Waals surface area contributed by atoms with Gasteiger partial charge in [-0.25, -0.2) is 4.98 Å². The van der Waals surface area contributed by atoms with Crippen molar-refractivity contribution in [3.05, 3.63) is 65.5 Å². The second kappa shape index (κ2) is 8.35. The van der Waals surface area contributed by atoms with Crippen LogP contribution in [0.25, 0.3) is 21.8 Å². The van der Waals surface area contributed by atoms with Crippen LogP contribution >= 0.6 is 11.3 Å². The summed E-state index contributed by atoms with van der Waals surface area (Å²) >= 11 is 1.35. The quantitative estimate of drug-likeness (QED) is 0.719. The maximum absolute atomic E-state index is 12.9. The lowest BCUT2D eigenvalue weighted by molar-refractivity contribution is -0.129. The Morgan fingerprint density at radius 3 is 2.18 bits per heavy atom. The van der Waals surface area contributed by atoms with Crippen molar-refractivity contribution >= 4 is 23.2 Å². The molecule has 2 aromatic carbocycles. The third-order valence-corrected chi connectivity index (χ3v) is 5.86. The van der Waals surface area contributed by atoms with E-state index >= 15 is 0 Å². The van der Waals surface area contributed by atoms with Crippen molar-refractivity contribution in [1.29, 1.82) is 0 Å². The van der Waals surface area contributed by atoms with Crippen LogP contribution in [0.3, 0.4) is 0 Å². The minimum atomic E-state index is -0.258. The Labute approximate surface area is 168 Å². The average molecular weight is 391 g/mol. The summed E-state index contributed by atoms with van der Waals surface area (Å²) in [5.74, 6) is -0.286. The molecule has 1 fully saturated rings. The van der Waals surface area contributed by atoms with Gasteiger partial charge in [0.25, 0.3) is 5.91 Å². The molecule has 0 saturated carbocycles. The number of nitrogens with zero attached hydrogens (tertiary/aromatic N) is 2. The maximum Gasteiger partial charge on any atom is 0.264 e. The van der Waals surface area contributed by atoms with E-state index in [0.29, 0.717) is 10.6 Å². The van der Waals surface area contributed by atoms with E-state index in [1.165, 1.54) is 11.3 Å². The van der Waals surface area contributed by atoms with Gasteiger partial charge in [0, 0.05) is 24.2 Å². The number of benzene rings is 2. The van der Waals surface area contributed by atoms with Crippen LogP contribution in [0.15, 0.2) is 60.7 Å². The van der Waals surface area contributed by atoms with Gasteiger partial charge in [0.2, 0.25) is 5.91 Å². The van der Waals surface area contributed by atoms with E-state index in [-0.39, 0.29) is 18.4 Å². The molecule has 1 aliphatic rings. The number of likely N-dealkylation sites (tertiary alicyclic amines) is 1. The largest absolute Gasteiger partial charge is 0.342 e. The Bertz CT molecular complexity index is 964. The van der Waals surface area contributed by atoms with E-state index in [0.717, 1.165) is 42.1 Å². The van der Waals surface area contributed by atoms with Crippen molar-refractivity contribution in [1.82, 2.24) is 15.2 Å². The third-order valence-electron chi connectivity index (χ3n) is 4.76. The number of aromatic nitrogens is 1. The predicted octanol–water partition coefficient (Wildman–Crippen LogP) is 3.83. The molecule has 0 radical (unpaired) electrons. The summed E-state index contributed by atoms with van der Waals surface area (Å²) in [6.07, 6.45) is 2.07. The molecule has 0 aliphatic carbocycles. The fourth-order valence-corrected chi connectivity index (χ4v) is 4.29. The highest BCUT2D eigenvalue weighted by molar-refractivity contribution is 7.17. The Morgan fingerprint density at radius 2 is 1.54 bits per heavy atom. The Morgan fingerprint density at radius 1 is 0.929 bits per heavy atom. The Kier molecular flexibility index (Phi) is 5.48. The summed E-state index contributed by atoms with van der Waals surface area (Å²) in [6, 6.07) is 19.5. The van der Waals surface area contributed by atoms with Crippen LogP contribution in [0.1, 0.15) is 22.5 Å². The molecule has 5 nitrogen and oxygen atoms in total. The van der Waals surface area contributed by atoms with E-state index in [1.54, 1.807) is 4.90 Å². The van der Waals surface area contributed by atoms with Gasteiger partial charge in [-0.2, -0.15) is 0 Å². The van der Waals surface area contributed by atoms with Crippen LogP contribution < -0.4 is 5.32 Å². The molecular weight excluding hydrogens is 370 g/mol. The van der Waals surface area contributed by atoms with Crippen LogP contribution in [0, 0.1) is 0 Å². The van der Waals surface area contributed by atoms with Crippen LogP contribution in [0.2, 0.25) is 0 Å². The highest BCUT2D eigenvalue weighted by atomic mass is 32.1. The molecule has 4 rings (SSSR count). The molecule has 0 unspecified atom stereocenters. The second-order valence-electron chi connectivity index (χ2n) is 6.70. The second-order valence-corrected chi connectivity index (χ2v) is 7.70. The smallest absolute Gasteiger partial charge is 0.264 e. The van der Waals surface area contributed by atoms with E-state index in [9.17, 15) is 9.59 Å². The van der Waals surface area contributed by atoms with Crippen molar-refractivity contribution < 1.29 is 9.59 Å². The number of hydrogen-bond donors (Lipinski definition) is 1. The molecular formula is C22H21N3O2S. The Hall–Kier alpha value is -2.99. The fraction of sp³-hybridized carbons (Fsp3) is 0.227. The number of rotatable bonds is 5. The van der Waals surface area contributed by atoms with Crippen molar-refractivity contribution in [2.75, 3.05) is 19.6 Å². The lowest BCUT2D eigenvalue weighted by Crippen LogP contribution is -2.38. The van der Waals surface area contributed by atoms with Crippen molar-refractivity contribution in [3.8, 4) is 21.8 Å². The van der Waals surface area contributed by atoms with E-state index in [2.05, 4.69) is 5.32 Å². The Balaban J connectivity index is 1.60. The molecule has 1 N–H and O–H groups in total. The van der Waals surface area contributed by atoms with Gasteiger partial charge in [-0.15, -0.1) is 11.3 Å². The molecule has 1 aromatic heterocycles. The molecule has 142 valence electrons. The first-order valence-corrected chi connectivity index (χ1v) is 10.2. The first-order chi connectivity index (χ1) is 13.7. The summed E-state index contributed by atoms with van der Waals surface area (Å²) < 4.78 is 0. The molecule has 0 bridgehead atoms. The van der Waals surface area contributed by atoms with Crippen LogP contribution in [-0.4, -0.2) is 41.3 Å². The molecule has 2 heterocycles. The number of nitrogens with one attached hydrogen (secondary N) is 1. The standard InChI is InChI=1S/C22H21N3O2S/c26-18(25-13-7-8-14-25)15-23-21(27)20-19(16-9-3-1-4-10-16)24-22(28-20)17-11-5-2-6-12-17/h1-6,9-12H,7-8,13-15H2,(H,23,27). The van der Waals surface area contributed by atoms with Gasteiger partial charge < -0.3 is 10.2 Å². The molecule has 0 atom stereocenters. The molecule has 6 heteroatoms. The normalized spacial score (nSPS) is 13.5. The molecule has 2 amide bonds. The van der Waals surface area contributed by atoms with Crippen LogP contribution in [0.4, 0.5) is 0 Å². The SMILES string of the molecule is O=C(NCC(=O)N1CCCC1)c1sc(-c2ccccc2)nc1-c1ccccc1. The topological polar surface area (TPSA) is 62.3 Å². The fourth-order valence-electron chi connectivity index (χ4n) is 3.28. The van der Waals surface area contributed by atoms with E-state index in [4.69, 9.17) is 4.98 Å². The van der Waals surface area contributed by atoms with Gasteiger partial charge in [0.1, 0.15) is 9.88 Å². The lowest BCUT2D eigenvalue weighted by Gasteiger charge is -2.15. The van der Waals surface area contributed by atoms with Crippen molar-refractivity contribution in [2.45, 2.75) is 12.8 Å². The summed E-state index contributed by atoms with van der Waals surface area (Å²) in [4.78, 5) is 32.2. The predicted molar refractivity (Wildman–Crippen MR) is 111 cm³/mol. The van der Waals surface area contributed by atoms with Crippen molar-refractivity contribution in [3.63, 3.8) is 0 Å². The highest BCUT2D eigenvalue weighted by Gasteiger charge is 2.22. The molecule has 0 spiro atoms. The monoisotopic (exact) mass is 391 g/mol.